The summed E-state index contributed by atoms with van der Waals surface area (Å²) in [6, 6.07) is 21.2. The largest absolute Gasteiger partial charge is 1.00 e. The third kappa shape index (κ3) is 5.52. The van der Waals surface area contributed by atoms with Crippen LogP contribution in [0, 0.1) is 14.4 Å². The van der Waals surface area contributed by atoms with E-state index in [1.807, 2.05) is 0 Å². The second-order valence-electron chi connectivity index (χ2n) is 8.21. The van der Waals surface area contributed by atoms with E-state index < -0.39 is 0 Å². The van der Waals surface area contributed by atoms with Crippen LogP contribution < -0.4 is 47.4 Å². The molecule has 0 radical (unpaired) electrons. The number of nitrogens with one attached hydrogen (secondary N) is 3. The molecule has 9 heteroatoms. The predicted octanol–water partition coefficient (Wildman–Crippen LogP) is -4.05. The van der Waals surface area contributed by atoms with Crippen LogP contribution in [0.4, 0.5) is 5.69 Å². The number of hydrogen-bond acceptors (Lipinski definition) is 4. The van der Waals surface area contributed by atoms with E-state index in [-0.39, 0.29) is 44.6 Å². The highest BCUT2D eigenvalue weighted by molar-refractivity contribution is 5.87. The quantitative estimate of drug-likeness (QED) is 0.208. The number of imidazole rings is 2. The Labute approximate surface area is 224 Å². The van der Waals surface area contributed by atoms with Crippen LogP contribution in [0.2, 0.25) is 0 Å². The van der Waals surface area contributed by atoms with Gasteiger partial charge in [0.05, 0.1) is 22.1 Å². The third-order valence-corrected chi connectivity index (χ3v) is 6.03. The number of benzene rings is 3. The molecule has 1 aliphatic heterocycles. The second-order valence-corrected chi connectivity index (χ2v) is 8.21. The molecule has 0 unspecified atom stereocenters. The van der Waals surface area contributed by atoms with Gasteiger partial charge in [-0.25, -0.2) is 9.97 Å². The minimum atomic E-state index is 0. The lowest BCUT2D eigenvalue weighted by Gasteiger charge is -2.29. The maximum absolute atomic E-state index is 4.83. The number of fused-ring (bicyclic) bond motifs is 2. The molecule has 3 heterocycles. The number of rotatable bonds is 3. The fourth-order valence-corrected chi connectivity index (χ4v) is 4.26. The van der Waals surface area contributed by atoms with Crippen LogP contribution >= 0.6 is 0 Å². The molecule has 0 saturated carbocycles. The highest BCUT2D eigenvalue weighted by Gasteiger charge is 2.13. The number of aromatic amines is 2. The number of piperazine rings is 1. The van der Waals surface area contributed by atoms with E-state index in [1.54, 1.807) is 0 Å². The average molecular weight is 530 g/mol. The number of halogens is 3. The standard InChI is InChI=1S/C25H24N6.CH3.3ClH/c1-16-2-4-17(5-3-16)24-27-20-8-6-18(14-22(20)29-24)25-28-21-9-7-19(15-23(21)30-25)31-12-10-26-11-13-31;;;;/h2-9,14-15,26H,10-13H2,1H3,(H,27,29)(H,28,30);1H3;3*1H/q;+1;;;/p-3. The lowest BCUT2D eigenvalue weighted by atomic mass is 10.1. The van der Waals surface area contributed by atoms with Crippen LogP contribution in [0.3, 0.4) is 0 Å². The molecule has 3 N–H and O–H groups in total. The fourth-order valence-electron chi connectivity index (χ4n) is 4.26. The molecule has 1 saturated heterocycles. The Bertz CT molecular complexity index is 1390. The van der Waals surface area contributed by atoms with Gasteiger partial charge in [-0.2, -0.15) is 0 Å². The Kier molecular flexibility index (Phi) is 9.46. The minimum absolute atomic E-state index is 0. The second kappa shape index (κ2) is 11.7. The molecular weight excluding hydrogens is 503 g/mol. The van der Waals surface area contributed by atoms with Crippen molar-refractivity contribution < 1.29 is 37.2 Å². The van der Waals surface area contributed by atoms with Crippen molar-refractivity contribution in [2.75, 3.05) is 31.1 Å². The lowest BCUT2D eigenvalue weighted by Crippen LogP contribution is -3.00. The van der Waals surface area contributed by atoms with Crippen molar-refractivity contribution >= 4 is 27.8 Å². The van der Waals surface area contributed by atoms with Crippen LogP contribution in [0.1, 0.15) is 5.56 Å². The number of H-pyrrole nitrogens is 2. The predicted molar refractivity (Wildman–Crippen MR) is 133 cm³/mol. The lowest BCUT2D eigenvalue weighted by molar-refractivity contribution is -0.00100. The van der Waals surface area contributed by atoms with Gasteiger partial charge >= 0.3 is 0 Å². The van der Waals surface area contributed by atoms with Crippen LogP contribution in [0.25, 0.3) is 44.8 Å². The Hall–Kier alpha value is -2.90. The summed E-state index contributed by atoms with van der Waals surface area (Å²) in [6.07, 6.45) is 0. The average Bonchev–Trinajstić information content (AvgIpc) is 3.43. The van der Waals surface area contributed by atoms with Gasteiger partial charge in [-0.05, 0) is 43.3 Å². The first-order chi connectivity index (χ1) is 15.2. The van der Waals surface area contributed by atoms with Gasteiger partial charge in [0.15, 0.2) is 0 Å². The van der Waals surface area contributed by atoms with Gasteiger partial charge in [-0.3, -0.25) is 0 Å². The number of nitrogens with zero attached hydrogens (tertiary/aromatic N) is 3. The Morgan fingerprint density at radius 3 is 1.89 bits per heavy atom. The van der Waals surface area contributed by atoms with E-state index in [9.17, 15) is 0 Å². The topological polar surface area (TPSA) is 72.6 Å². The monoisotopic (exact) mass is 528 g/mol. The first-order valence-electron chi connectivity index (χ1n) is 10.8. The van der Waals surface area contributed by atoms with E-state index in [2.05, 4.69) is 87.8 Å². The van der Waals surface area contributed by atoms with Crippen LogP contribution in [0.15, 0.2) is 60.7 Å². The molecule has 5 aromatic rings. The molecular formula is C26H27Cl3N6-2. The van der Waals surface area contributed by atoms with Gasteiger partial charge in [-0.1, -0.05) is 29.8 Å². The van der Waals surface area contributed by atoms with Crippen molar-refractivity contribution in [3.05, 3.63) is 73.7 Å². The summed E-state index contributed by atoms with van der Waals surface area (Å²) >= 11 is 0. The highest BCUT2D eigenvalue weighted by atomic mass is 35.5. The number of aryl methyl sites for hydroxylation is 1. The van der Waals surface area contributed by atoms with Gasteiger partial charge in [0.25, 0.3) is 0 Å². The molecule has 1 fully saturated rings. The van der Waals surface area contributed by atoms with Gasteiger partial charge in [0.1, 0.15) is 11.6 Å². The van der Waals surface area contributed by atoms with Crippen LogP contribution in [-0.4, -0.2) is 46.1 Å². The molecule has 0 spiro atoms. The molecule has 6 rings (SSSR count). The Morgan fingerprint density at radius 2 is 1.23 bits per heavy atom. The molecule has 0 atom stereocenters. The molecule has 2 aromatic heterocycles. The summed E-state index contributed by atoms with van der Waals surface area (Å²) in [5.41, 5.74) is 8.64. The summed E-state index contributed by atoms with van der Waals surface area (Å²) in [5, 5.41) is 3.41. The number of anilines is 1. The number of hydrogen-bond donors (Lipinski definition) is 3. The molecule has 1 aliphatic rings. The highest BCUT2D eigenvalue weighted by Crippen LogP contribution is 2.28. The van der Waals surface area contributed by atoms with Crippen LogP contribution in [0.5, 0.6) is 0 Å². The maximum atomic E-state index is 4.83. The first-order valence-corrected chi connectivity index (χ1v) is 10.8. The summed E-state index contributed by atoms with van der Waals surface area (Å²) in [6.45, 7) is 6.22. The molecule has 0 amide bonds. The molecule has 0 aliphatic carbocycles. The summed E-state index contributed by atoms with van der Waals surface area (Å²) in [7, 11) is 0. The SMILES string of the molecule is Cc1ccc(-c2nc3ccc(-c4nc5ccc(N6CCNCC6)cc5[nH]4)cc3[nH]2)cc1.[CH3+].[Cl-].[Cl-].[Cl-]. The van der Waals surface area contributed by atoms with Gasteiger partial charge in [0, 0.05) is 50.4 Å². The van der Waals surface area contributed by atoms with E-state index in [0.29, 0.717) is 0 Å². The zero-order valence-electron chi connectivity index (χ0n) is 19.6. The van der Waals surface area contributed by atoms with E-state index in [0.717, 1.165) is 71.0 Å². The summed E-state index contributed by atoms with van der Waals surface area (Å²) < 4.78 is 0. The van der Waals surface area contributed by atoms with Gasteiger partial charge in [-0.15, -0.1) is 0 Å². The smallest absolute Gasteiger partial charge is 0.138 e. The van der Waals surface area contributed by atoms with E-state index >= 15 is 0 Å². The van der Waals surface area contributed by atoms with Gasteiger partial charge < -0.3 is 57.4 Å². The number of aromatic nitrogens is 4. The summed E-state index contributed by atoms with van der Waals surface area (Å²) in [4.78, 5) is 19.0. The zero-order chi connectivity index (χ0) is 20.8. The van der Waals surface area contributed by atoms with Gasteiger partial charge in [0.2, 0.25) is 0 Å². The third-order valence-electron chi connectivity index (χ3n) is 6.03. The molecule has 184 valence electrons. The van der Waals surface area contributed by atoms with E-state index in [4.69, 9.17) is 9.97 Å². The van der Waals surface area contributed by atoms with Crippen molar-refractivity contribution in [3.8, 4) is 22.8 Å². The van der Waals surface area contributed by atoms with Crippen molar-refractivity contribution in [1.82, 2.24) is 25.3 Å². The molecule has 0 bridgehead atoms. The van der Waals surface area contributed by atoms with Crippen molar-refractivity contribution in [2.45, 2.75) is 6.92 Å². The normalized spacial score (nSPS) is 12.9. The van der Waals surface area contributed by atoms with E-state index in [1.165, 1.54) is 11.3 Å². The maximum Gasteiger partial charge on any atom is 0.138 e. The zero-order valence-corrected chi connectivity index (χ0v) is 21.8. The molecule has 6 nitrogen and oxygen atoms in total. The van der Waals surface area contributed by atoms with Crippen molar-refractivity contribution in [3.63, 3.8) is 0 Å². The Balaban J connectivity index is 0.00000108. The van der Waals surface area contributed by atoms with Crippen molar-refractivity contribution in [2.24, 2.45) is 0 Å². The van der Waals surface area contributed by atoms with Crippen molar-refractivity contribution in [1.29, 1.82) is 0 Å². The molecule has 3 aromatic carbocycles. The fraction of sp³-hybridized carbons (Fsp3) is 0.192. The minimum Gasteiger partial charge on any atom is -1.00 e. The van der Waals surface area contributed by atoms with Crippen LogP contribution in [-0.2, 0) is 0 Å². The summed E-state index contributed by atoms with van der Waals surface area (Å²) in [5.74, 6) is 1.76. The molecule has 35 heavy (non-hydrogen) atoms. The Morgan fingerprint density at radius 1 is 0.686 bits per heavy atom. The first kappa shape index (κ1) is 28.3.